The molecule has 2 amide bonds. The maximum absolute atomic E-state index is 13.0. The molecule has 174 valence electrons. The van der Waals surface area contributed by atoms with Gasteiger partial charge in [0.1, 0.15) is 17.2 Å². The summed E-state index contributed by atoms with van der Waals surface area (Å²) < 4.78 is 12.4. The number of aromatic nitrogens is 2. The van der Waals surface area contributed by atoms with Gasteiger partial charge in [0.25, 0.3) is 5.91 Å². The number of rotatable bonds is 9. The smallest absolute Gasteiger partial charge is 0.272 e. The van der Waals surface area contributed by atoms with E-state index in [-0.39, 0.29) is 11.8 Å². The molecule has 1 aromatic heterocycles. The third-order valence-electron chi connectivity index (χ3n) is 5.98. The molecule has 0 spiro atoms. The van der Waals surface area contributed by atoms with Crippen molar-refractivity contribution in [3.8, 4) is 11.5 Å². The quantitative estimate of drug-likeness (QED) is 0.645. The van der Waals surface area contributed by atoms with Gasteiger partial charge in [0.05, 0.1) is 19.9 Å². The molecule has 1 saturated heterocycles. The summed E-state index contributed by atoms with van der Waals surface area (Å²) in [6.07, 6.45) is 3.20. The number of carbonyl (C=O) groups is 2. The number of carbonyl (C=O) groups excluding carboxylic acids is 2. The summed E-state index contributed by atoms with van der Waals surface area (Å²) in [5.74, 6) is 1.77. The van der Waals surface area contributed by atoms with E-state index in [2.05, 4.69) is 10.4 Å². The molecule has 8 heteroatoms. The molecule has 3 rings (SSSR count). The third-order valence-corrected chi connectivity index (χ3v) is 5.98. The second-order valence-corrected chi connectivity index (χ2v) is 8.24. The van der Waals surface area contributed by atoms with Gasteiger partial charge in [-0.2, -0.15) is 5.10 Å². The molecule has 1 aromatic carbocycles. The fraction of sp³-hybridized carbons (Fsp3) is 0.542. The van der Waals surface area contributed by atoms with Crippen molar-refractivity contribution in [1.29, 1.82) is 0 Å². The molecule has 32 heavy (non-hydrogen) atoms. The van der Waals surface area contributed by atoms with Gasteiger partial charge in [-0.15, -0.1) is 0 Å². The van der Waals surface area contributed by atoms with Crippen molar-refractivity contribution >= 4 is 11.8 Å². The van der Waals surface area contributed by atoms with E-state index in [9.17, 15) is 9.59 Å². The van der Waals surface area contributed by atoms with Crippen molar-refractivity contribution < 1.29 is 19.1 Å². The summed E-state index contributed by atoms with van der Waals surface area (Å²) in [4.78, 5) is 27.4. The number of hydrogen-bond acceptors (Lipinski definition) is 5. The molecule has 1 aliphatic heterocycles. The van der Waals surface area contributed by atoms with Gasteiger partial charge in [-0.25, -0.2) is 0 Å². The minimum Gasteiger partial charge on any atom is -0.497 e. The number of methoxy groups -OCH3 is 2. The number of ether oxygens (including phenoxy) is 2. The Kier molecular flexibility index (Phi) is 8.14. The Labute approximate surface area is 189 Å². The molecule has 1 atom stereocenters. The highest BCUT2D eigenvalue weighted by atomic mass is 16.5. The average molecular weight is 443 g/mol. The molecule has 8 nitrogen and oxygen atoms in total. The minimum atomic E-state index is 0.00556. The summed E-state index contributed by atoms with van der Waals surface area (Å²) in [7, 11) is 3.21. The lowest BCUT2D eigenvalue weighted by Crippen LogP contribution is -2.41. The van der Waals surface area contributed by atoms with Gasteiger partial charge in [0.2, 0.25) is 5.91 Å². The van der Waals surface area contributed by atoms with Gasteiger partial charge in [-0.05, 0) is 57.2 Å². The van der Waals surface area contributed by atoms with E-state index in [1.165, 1.54) is 0 Å². The van der Waals surface area contributed by atoms with Crippen LogP contribution in [0.2, 0.25) is 0 Å². The zero-order valence-electron chi connectivity index (χ0n) is 19.5. The Morgan fingerprint density at radius 2 is 2.03 bits per heavy atom. The Bertz CT molecular complexity index is 940. The molecule has 2 aromatic rings. The van der Waals surface area contributed by atoms with Crippen molar-refractivity contribution in [2.75, 3.05) is 27.3 Å². The summed E-state index contributed by atoms with van der Waals surface area (Å²) in [5.41, 5.74) is 2.41. The van der Waals surface area contributed by atoms with Crippen molar-refractivity contribution in [3.05, 3.63) is 41.2 Å². The Balaban J connectivity index is 1.49. The first-order valence-corrected chi connectivity index (χ1v) is 11.3. The predicted octanol–water partition coefficient (Wildman–Crippen LogP) is 3.18. The standard InChI is InChI=1S/C24H34N4O4/c1-5-28-21(13-17(2)26-28)24(30)27-12-6-7-18(16-27)8-11-23(29)25-15-19-9-10-20(31-3)14-22(19)32-4/h9-10,13-14,18H,5-8,11-12,15-16H2,1-4H3,(H,25,29). The van der Waals surface area contributed by atoms with Gasteiger partial charge in [0.15, 0.2) is 0 Å². The molecule has 0 saturated carbocycles. The van der Waals surface area contributed by atoms with Crippen molar-refractivity contribution in [3.63, 3.8) is 0 Å². The van der Waals surface area contributed by atoms with Gasteiger partial charge in [-0.3, -0.25) is 14.3 Å². The van der Waals surface area contributed by atoms with Crippen LogP contribution in [-0.4, -0.2) is 53.8 Å². The van der Waals surface area contributed by atoms with Gasteiger partial charge < -0.3 is 19.7 Å². The molecule has 0 aliphatic carbocycles. The SMILES string of the molecule is CCn1nc(C)cc1C(=O)N1CCCC(CCC(=O)NCc2ccc(OC)cc2OC)C1. The zero-order valence-corrected chi connectivity index (χ0v) is 19.5. The van der Waals surface area contributed by atoms with Crippen LogP contribution in [0.25, 0.3) is 0 Å². The lowest BCUT2D eigenvalue weighted by Gasteiger charge is -2.32. The number of benzene rings is 1. The lowest BCUT2D eigenvalue weighted by atomic mass is 9.93. The first-order valence-electron chi connectivity index (χ1n) is 11.3. The number of aryl methyl sites for hydroxylation is 2. The Morgan fingerprint density at radius 1 is 1.22 bits per heavy atom. The number of piperidine rings is 1. The normalized spacial score (nSPS) is 16.0. The predicted molar refractivity (Wildman–Crippen MR) is 122 cm³/mol. The van der Waals surface area contributed by atoms with Gasteiger partial charge >= 0.3 is 0 Å². The highest BCUT2D eigenvalue weighted by Gasteiger charge is 2.27. The molecule has 1 aliphatic rings. The van der Waals surface area contributed by atoms with Crippen LogP contribution in [0.4, 0.5) is 0 Å². The van der Waals surface area contributed by atoms with Gasteiger partial charge in [-0.1, -0.05) is 0 Å². The first-order chi connectivity index (χ1) is 15.4. The number of hydrogen-bond donors (Lipinski definition) is 1. The number of amides is 2. The van der Waals surface area contributed by atoms with Crippen molar-refractivity contribution in [2.24, 2.45) is 5.92 Å². The molecular formula is C24H34N4O4. The largest absolute Gasteiger partial charge is 0.497 e. The number of nitrogens with one attached hydrogen (secondary N) is 1. The second kappa shape index (κ2) is 11.0. The summed E-state index contributed by atoms with van der Waals surface area (Å²) in [6.45, 7) is 6.41. The van der Waals surface area contributed by atoms with E-state index in [0.717, 1.165) is 37.1 Å². The number of likely N-dealkylation sites (tertiary alicyclic amines) is 1. The van der Waals surface area contributed by atoms with Crippen molar-refractivity contribution in [2.45, 2.75) is 52.6 Å². The van der Waals surface area contributed by atoms with Crippen LogP contribution >= 0.6 is 0 Å². The van der Waals surface area contributed by atoms with Gasteiger partial charge in [0, 0.05) is 44.2 Å². The zero-order chi connectivity index (χ0) is 23.1. The van der Waals surface area contributed by atoms with Crippen LogP contribution in [0.15, 0.2) is 24.3 Å². The molecule has 1 N–H and O–H groups in total. The molecule has 1 fully saturated rings. The Hall–Kier alpha value is -3.03. The fourth-order valence-electron chi connectivity index (χ4n) is 4.22. The maximum atomic E-state index is 13.0. The number of nitrogens with zero attached hydrogens (tertiary/aromatic N) is 3. The van der Waals surface area contributed by atoms with Crippen LogP contribution in [0.1, 0.15) is 54.4 Å². The third kappa shape index (κ3) is 5.81. The highest BCUT2D eigenvalue weighted by molar-refractivity contribution is 5.92. The van der Waals surface area contributed by atoms with E-state index >= 15 is 0 Å². The van der Waals surface area contributed by atoms with Crippen LogP contribution < -0.4 is 14.8 Å². The maximum Gasteiger partial charge on any atom is 0.272 e. The molecule has 0 radical (unpaired) electrons. The first kappa shape index (κ1) is 23.6. The van der Waals surface area contributed by atoms with Crippen LogP contribution in [0, 0.1) is 12.8 Å². The summed E-state index contributed by atoms with van der Waals surface area (Å²) >= 11 is 0. The highest BCUT2D eigenvalue weighted by Crippen LogP contribution is 2.25. The van der Waals surface area contributed by atoms with Crippen molar-refractivity contribution in [1.82, 2.24) is 20.0 Å². The molecule has 0 bridgehead atoms. The molecular weight excluding hydrogens is 408 g/mol. The van der Waals surface area contributed by atoms with E-state index < -0.39 is 0 Å². The van der Waals surface area contributed by atoms with E-state index in [0.29, 0.717) is 49.2 Å². The van der Waals surface area contributed by atoms with Crippen LogP contribution in [-0.2, 0) is 17.9 Å². The Morgan fingerprint density at radius 3 is 2.75 bits per heavy atom. The lowest BCUT2D eigenvalue weighted by molar-refractivity contribution is -0.121. The van der Waals surface area contributed by atoms with E-state index in [1.54, 1.807) is 25.0 Å². The monoisotopic (exact) mass is 442 g/mol. The minimum absolute atomic E-state index is 0.00556. The second-order valence-electron chi connectivity index (χ2n) is 8.24. The molecule has 1 unspecified atom stereocenters. The van der Waals surface area contributed by atoms with E-state index in [4.69, 9.17) is 9.47 Å². The summed E-state index contributed by atoms with van der Waals surface area (Å²) in [6, 6.07) is 7.41. The topological polar surface area (TPSA) is 85.7 Å². The van der Waals surface area contributed by atoms with Crippen LogP contribution in [0.3, 0.4) is 0 Å². The van der Waals surface area contributed by atoms with Crippen LogP contribution in [0.5, 0.6) is 11.5 Å². The fourth-order valence-corrected chi connectivity index (χ4v) is 4.22. The average Bonchev–Trinajstić information content (AvgIpc) is 3.21. The summed E-state index contributed by atoms with van der Waals surface area (Å²) in [5, 5.41) is 7.37. The molecule has 2 heterocycles. The van der Waals surface area contributed by atoms with E-state index in [1.807, 2.05) is 36.9 Å².